The van der Waals surface area contributed by atoms with E-state index in [2.05, 4.69) is 12.1 Å². The average molecular weight is 376 g/mol. The Balaban J connectivity index is 0.00000147. The first-order valence-electron chi connectivity index (χ1n) is 6.29. The van der Waals surface area contributed by atoms with Gasteiger partial charge in [0.25, 0.3) is 0 Å². The maximum Gasteiger partial charge on any atom is 0.227 e. The van der Waals surface area contributed by atoms with Crippen LogP contribution in [0.25, 0.3) is 10.8 Å². The Bertz CT molecular complexity index is 725. The maximum atomic E-state index is 12.1. The molecule has 2 nitrogen and oxygen atoms in total. The number of halogens is 1. The smallest absolute Gasteiger partial charge is 0.227 e. The molecule has 0 aliphatic rings. The van der Waals surface area contributed by atoms with Crippen molar-refractivity contribution in [2.45, 2.75) is 6.54 Å². The molecule has 3 rings (SSSR count). The van der Waals surface area contributed by atoms with E-state index in [-0.39, 0.29) is 29.8 Å². The van der Waals surface area contributed by atoms with Gasteiger partial charge in [-0.15, -0.1) is 24.0 Å². The van der Waals surface area contributed by atoms with E-state index in [1.54, 1.807) is 0 Å². The first kappa shape index (κ1) is 14.7. The number of rotatable bonds is 3. The lowest BCUT2D eigenvalue weighted by molar-refractivity contribution is -0.681. The number of pyridine rings is 1. The molecule has 0 amide bonds. The fourth-order valence-corrected chi connectivity index (χ4v) is 2.16. The fraction of sp³-hybridized carbons (Fsp3) is 0.0588. The highest BCUT2D eigenvalue weighted by Gasteiger charge is 2.11. The zero-order valence-electron chi connectivity index (χ0n) is 10.9. The van der Waals surface area contributed by atoms with Crippen molar-refractivity contribution in [3.8, 4) is 0 Å². The van der Waals surface area contributed by atoms with Crippen LogP contribution < -0.4 is 4.57 Å². The van der Waals surface area contributed by atoms with Gasteiger partial charge in [0, 0.05) is 17.0 Å². The van der Waals surface area contributed by atoms with Gasteiger partial charge in [0.15, 0.2) is 12.4 Å². The molecule has 0 saturated carbocycles. The van der Waals surface area contributed by atoms with Crippen molar-refractivity contribution >= 4 is 40.5 Å². The summed E-state index contributed by atoms with van der Waals surface area (Å²) in [5, 5.41) is 2.33. The number of fused-ring (bicyclic) bond motifs is 1. The molecule has 20 heavy (non-hydrogen) atoms. The highest BCUT2D eigenvalue weighted by atomic mass is 127. The van der Waals surface area contributed by atoms with Crippen LogP contribution in [0.3, 0.4) is 0 Å². The zero-order valence-corrected chi connectivity index (χ0v) is 13.2. The van der Waals surface area contributed by atoms with Crippen molar-refractivity contribution in [2.24, 2.45) is 0 Å². The van der Waals surface area contributed by atoms with E-state index in [1.165, 1.54) is 5.39 Å². The zero-order chi connectivity index (χ0) is 13.1. The van der Waals surface area contributed by atoms with Gasteiger partial charge in [0.1, 0.15) is 0 Å². The van der Waals surface area contributed by atoms with Gasteiger partial charge < -0.3 is 0 Å². The number of aromatic nitrogens is 1. The average Bonchev–Trinajstić information content (AvgIpc) is 2.48. The Morgan fingerprint density at radius 1 is 0.850 bits per heavy atom. The molecule has 0 aliphatic carbocycles. The molecule has 0 spiro atoms. The predicted molar refractivity (Wildman–Crippen MR) is 90.3 cm³/mol. The number of nitrogens with zero attached hydrogens (tertiary/aromatic N) is 1. The molecule has 0 fully saturated rings. The summed E-state index contributed by atoms with van der Waals surface area (Å²) in [5.41, 5.74) is 0.753. The Kier molecular flexibility index (Phi) is 4.84. The monoisotopic (exact) mass is 376 g/mol. The van der Waals surface area contributed by atoms with Crippen molar-refractivity contribution in [1.82, 2.24) is 0 Å². The minimum absolute atomic E-state index is 0. The molecule has 0 radical (unpaired) electrons. The van der Waals surface area contributed by atoms with E-state index in [9.17, 15) is 4.79 Å². The first-order chi connectivity index (χ1) is 9.33. The van der Waals surface area contributed by atoms with Crippen LogP contribution in [0.15, 0.2) is 73.1 Å². The molecule has 0 N–H and O–H groups in total. The minimum Gasteiger partial charge on any atom is -0.287 e. The summed E-state index contributed by atoms with van der Waals surface area (Å²) in [4.78, 5) is 12.1. The highest BCUT2D eigenvalue weighted by molar-refractivity contribution is 14.0. The Morgan fingerprint density at radius 2 is 1.50 bits per heavy atom. The Morgan fingerprint density at radius 3 is 2.25 bits per heavy atom. The van der Waals surface area contributed by atoms with Crippen molar-refractivity contribution in [1.29, 1.82) is 0 Å². The Hall–Kier alpha value is -1.75. The molecule has 0 atom stereocenters. The molecule has 2 aromatic carbocycles. The second-order valence-corrected chi connectivity index (χ2v) is 4.54. The van der Waals surface area contributed by atoms with Crippen LogP contribution >= 0.6 is 24.0 Å². The van der Waals surface area contributed by atoms with Crippen LogP contribution in [0.5, 0.6) is 0 Å². The normalized spacial score (nSPS) is 10.0. The molecule has 3 heteroatoms. The third-order valence-corrected chi connectivity index (χ3v) is 3.17. The van der Waals surface area contributed by atoms with Crippen LogP contribution in [0.2, 0.25) is 0 Å². The first-order valence-corrected chi connectivity index (χ1v) is 6.29. The van der Waals surface area contributed by atoms with Gasteiger partial charge in [-0.05, 0) is 11.5 Å². The third-order valence-electron chi connectivity index (χ3n) is 3.17. The second kappa shape index (κ2) is 6.61. The van der Waals surface area contributed by atoms with Crippen LogP contribution in [-0.2, 0) is 6.54 Å². The molecular weight excluding hydrogens is 361 g/mol. The number of benzene rings is 2. The summed E-state index contributed by atoms with van der Waals surface area (Å²) in [6.07, 6.45) is 3.96. The summed E-state index contributed by atoms with van der Waals surface area (Å²) < 4.78 is 1.93. The number of hydrogen-bond acceptors (Lipinski definition) is 1. The van der Waals surface area contributed by atoms with Crippen molar-refractivity contribution in [3.63, 3.8) is 0 Å². The van der Waals surface area contributed by atoms with Crippen molar-refractivity contribution < 1.29 is 9.36 Å². The van der Waals surface area contributed by atoms with Gasteiger partial charge in [-0.1, -0.05) is 48.5 Å². The van der Waals surface area contributed by atoms with E-state index in [0.717, 1.165) is 10.9 Å². The van der Waals surface area contributed by atoms with E-state index >= 15 is 0 Å². The molecular formula is C17H15INO+. The SMILES string of the molecule is I.O=C(C[n+]1ccc2ccccc2c1)c1ccccc1. The molecule has 0 bridgehead atoms. The number of carbonyl (C=O) groups excluding carboxylic acids is 1. The summed E-state index contributed by atoms with van der Waals surface area (Å²) in [6, 6.07) is 19.6. The van der Waals surface area contributed by atoms with E-state index in [0.29, 0.717) is 6.54 Å². The molecule has 100 valence electrons. The van der Waals surface area contributed by atoms with Crippen molar-refractivity contribution in [3.05, 3.63) is 78.6 Å². The maximum absolute atomic E-state index is 12.1. The minimum atomic E-state index is 0. The predicted octanol–water partition coefficient (Wildman–Crippen LogP) is 3.63. The van der Waals surface area contributed by atoms with Gasteiger partial charge in [-0.25, -0.2) is 0 Å². The highest BCUT2D eigenvalue weighted by Crippen LogP contribution is 2.09. The second-order valence-electron chi connectivity index (χ2n) is 4.54. The lowest BCUT2D eigenvalue weighted by Crippen LogP contribution is -2.37. The summed E-state index contributed by atoms with van der Waals surface area (Å²) in [6.45, 7) is 0.370. The van der Waals surface area contributed by atoms with Gasteiger partial charge in [0.2, 0.25) is 12.3 Å². The number of hydrogen-bond donors (Lipinski definition) is 0. The number of Topliss-reactive ketones (excluding diaryl/α,β-unsaturated/α-hetero) is 1. The van der Waals surface area contributed by atoms with E-state index in [4.69, 9.17) is 0 Å². The molecule has 1 aromatic heterocycles. The molecule has 3 aromatic rings. The number of carbonyl (C=O) groups is 1. The van der Waals surface area contributed by atoms with Gasteiger partial charge in [-0.2, -0.15) is 4.57 Å². The lowest BCUT2D eigenvalue weighted by Gasteiger charge is -1.99. The quantitative estimate of drug-likeness (QED) is 0.389. The Labute approximate surface area is 135 Å². The van der Waals surface area contributed by atoms with Gasteiger partial charge in [0.05, 0.1) is 0 Å². The largest absolute Gasteiger partial charge is 0.287 e. The third kappa shape index (κ3) is 3.22. The molecule has 0 unspecified atom stereocenters. The molecule has 1 heterocycles. The summed E-state index contributed by atoms with van der Waals surface area (Å²) in [7, 11) is 0. The van der Waals surface area contributed by atoms with Gasteiger partial charge in [-0.3, -0.25) is 4.79 Å². The number of ketones is 1. The standard InChI is InChI=1S/C17H14NO.HI/c19-17(15-7-2-1-3-8-15)13-18-11-10-14-6-4-5-9-16(14)12-18;/h1-12H,13H2;1H/q+1;. The summed E-state index contributed by atoms with van der Waals surface area (Å²) >= 11 is 0. The van der Waals surface area contributed by atoms with Crippen LogP contribution in [0, 0.1) is 0 Å². The van der Waals surface area contributed by atoms with Crippen molar-refractivity contribution in [2.75, 3.05) is 0 Å². The van der Waals surface area contributed by atoms with Gasteiger partial charge >= 0.3 is 0 Å². The van der Waals surface area contributed by atoms with E-state index < -0.39 is 0 Å². The fourth-order valence-electron chi connectivity index (χ4n) is 2.16. The van der Waals surface area contributed by atoms with E-state index in [1.807, 2.05) is 65.5 Å². The summed E-state index contributed by atoms with van der Waals surface area (Å²) in [5.74, 6) is 0.126. The molecule has 0 saturated heterocycles. The van der Waals surface area contributed by atoms with Crippen LogP contribution in [0.4, 0.5) is 0 Å². The topological polar surface area (TPSA) is 20.9 Å². The lowest BCUT2D eigenvalue weighted by atomic mass is 10.1. The van der Waals surface area contributed by atoms with Crippen LogP contribution in [0.1, 0.15) is 10.4 Å². The van der Waals surface area contributed by atoms with Crippen LogP contribution in [-0.4, -0.2) is 5.78 Å². The molecule has 0 aliphatic heterocycles.